The first-order valence-electron chi connectivity index (χ1n) is 4.34. The summed E-state index contributed by atoms with van der Waals surface area (Å²) >= 11 is 0. The van der Waals surface area contributed by atoms with Gasteiger partial charge >= 0.3 is 0 Å². The third-order valence-electron chi connectivity index (χ3n) is 2.15. The summed E-state index contributed by atoms with van der Waals surface area (Å²) in [5, 5.41) is 0. The van der Waals surface area contributed by atoms with Gasteiger partial charge in [0.25, 0.3) is 0 Å². The van der Waals surface area contributed by atoms with Crippen molar-refractivity contribution < 1.29 is 0 Å². The Morgan fingerprint density at radius 3 is 2.25 bits per heavy atom. The van der Waals surface area contributed by atoms with Gasteiger partial charge in [-0.15, -0.1) is 0 Å². The van der Waals surface area contributed by atoms with E-state index in [1.165, 1.54) is 17.0 Å². The molecule has 0 aromatic carbocycles. The fourth-order valence-corrected chi connectivity index (χ4v) is 1.22. The minimum atomic E-state index is 0.193. The van der Waals surface area contributed by atoms with Crippen LogP contribution in [-0.2, 0) is 12.0 Å². The molecule has 12 heavy (non-hydrogen) atoms. The van der Waals surface area contributed by atoms with E-state index in [9.17, 15) is 0 Å². The van der Waals surface area contributed by atoms with Gasteiger partial charge in [0.15, 0.2) is 0 Å². The molecular formula is C10H18N2. The van der Waals surface area contributed by atoms with Gasteiger partial charge in [-0.25, -0.2) is 0 Å². The number of nitrogens with one attached hydrogen (secondary N) is 1. The summed E-state index contributed by atoms with van der Waals surface area (Å²) in [5.41, 5.74) is 9.46. The summed E-state index contributed by atoms with van der Waals surface area (Å²) in [7, 11) is 0. The second kappa shape index (κ2) is 2.94. The third kappa shape index (κ3) is 1.69. The van der Waals surface area contributed by atoms with E-state index in [0.717, 1.165) is 0 Å². The number of rotatable bonds is 1. The lowest BCUT2D eigenvalue weighted by Gasteiger charge is -2.15. The minimum absolute atomic E-state index is 0.193. The zero-order valence-corrected chi connectivity index (χ0v) is 8.36. The first-order valence-corrected chi connectivity index (χ1v) is 4.34. The van der Waals surface area contributed by atoms with Gasteiger partial charge in [-0.2, -0.15) is 0 Å². The van der Waals surface area contributed by atoms with Crippen molar-refractivity contribution in [3.63, 3.8) is 0 Å². The number of H-pyrrole nitrogens is 1. The second-order valence-electron chi connectivity index (χ2n) is 4.29. The number of aromatic amines is 1. The molecule has 0 saturated carbocycles. The van der Waals surface area contributed by atoms with Crippen molar-refractivity contribution in [2.45, 2.75) is 39.7 Å². The van der Waals surface area contributed by atoms with Crippen LogP contribution in [0.15, 0.2) is 6.07 Å². The highest BCUT2D eigenvalue weighted by atomic mass is 14.8. The summed E-state index contributed by atoms with van der Waals surface area (Å²) in [6, 6.07) is 2.16. The van der Waals surface area contributed by atoms with Crippen molar-refractivity contribution in [1.82, 2.24) is 4.98 Å². The Morgan fingerprint density at radius 1 is 1.42 bits per heavy atom. The van der Waals surface area contributed by atoms with Crippen molar-refractivity contribution in [3.05, 3.63) is 23.0 Å². The number of hydrogen-bond acceptors (Lipinski definition) is 1. The van der Waals surface area contributed by atoms with E-state index in [2.05, 4.69) is 38.7 Å². The predicted octanol–water partition coefficient (Wildman–Crippen LogP) is 2.08. The van der Waals surface area contributed by atoms with Crippen LogP contribution in [0.3, 0.4) is 0 Å². The van der Waals surface area contributed by atoms with Crippen LogP contribution in [0.2, 0.25) is 0 Å². The Labute approximate surface area is 74.2 Å². The van der Waals surface area contributed by atoms with Crippen molar-refractivity contribution in [3.8, 4) is 0 Å². The minimum Gasteiger partial charge on any atom is -0.362 e. The molecule has 0 aliphatic carbocycles. The molecule has 68 valence electrons. The van der Waals surface area contributed by atoms with Gasteiger partial charge in [0, 0.05) is 23.3 Å². The molecule has 0 saturated heterocycles. The molecular weight excluding hydrogens is 148 g/mol. The van der Waals surface area contributed by atoms with E-state index in [4.69, 9.17) is 5.73 Å². The van der Waals surface area contributed by atoms with Crippen LogP contribution in [0.5, 0.6) is 0 Å². The fourth-order valence-electron chi connectivity index (χ4n) is 1.22. The molecule has 0 bridgehead atoms. The highest BCUT2D eigenvalue weighted by Gasteiger charge is 2.16. The van der Waals surface area contributed by atoms with Gasteiger partial charge in [-0.05, 0) is 18.6 Å². The molecule has 1 heterocycles. The summed E-state index contributed by atoms with van der Waals surface area (Å²) in [5.74, 6) is 0. The number of aryl methyl sites for hydroxylation is 1. The quantitative estimate of drug-likeness (QED) is 0.659. The lowest BCUT2D eigenvalue weighted by molar-refractivity contribution is 0.571. The molecule has 2 nitrogen and oxygen atoms in total. The van der Waals surface area contributed by atoms with E-state index < -0.39 is 0 Å². The molecule has 1 aromatic rings. The second-order valence-corrected chi connectivity index (χ2v) is 4.29. The highest BCUT2D eigenvalue weighted by Crippen LogP contribution is 2.23. The fraction of sp³-hybridized carbons (Fsp3) is 0.600. The average molecular weight is 166 g/mol. The zero-order valence-electron chi connectivity index (χ0n) is 8.36. The molecule has 0 atom stereocenters. The van der Waals surface area contributed by atoms with Crippen LogP contribution < -0.4 is 5.73 Å². The van der Waals surface area contributed by atoms with Crippen LogP contribution in [0.25, 0.3) is 0 Å². The summed E-state index contributed by atoms with van der Waals surface area (Å²) in [4.78, 5) is 3.36. The van der Waals surface area contributed by atoms with Crippen molar-refractivity contribution in [2.24, 2.45) is 5.73 Å². The van der Waals surface area contributed by atoms with Crippen LogP contribution in [0, 0.1) is 6.92 Å². The smallest absolute Gasteiger partial charge is 0.0207 e. The van der Waals surface area contributed by atoms with Crippen molar-refractivity contribution >= 4 is 0 Å². The molecule has 0 fully saturated rings. The van der Waals surface area contributed by atoms with Gasteiger partial charge in [0.1, 0.15) is 0 Å². The first kappa shape index (κ1) is 9.33. The molecule has 1 rings (SSSR count). The van der Waals surface area contributed by atoms with Gasteiger partial charge < -0.3 is 10.7 Å². The van der Waals surface area contributed by atoms with Gasteiger partial charge in [0.2, 0.25) is 0 Å². The predicted molar refractivity (Wildman–Crippen MR) is 52.1 cm³/mol. The Morgan fingerprint density at radius 2 is 2.00 bits per heavy atom. The summed E-state index contributed by atoms with van der Waals surface area (Å²) in [6.07, 6.45) is 0. The first-order chi connectivity index (χ1) is 5.45. The molecule has 0 spiro atoms. The molecule has 0 aliphatic rings. The van der Waals surface area contributed by atoms with Crippen LogP contribution in [0.1, 0.15) is 37.7 Å². The zero-order chi connectivity index (χ0) is 9.35. The molecule has 3 N–H and O–H groups in total. The third-order valence-corrected chi connectivity index (χ3v) is 2.15. The molecule has 0 unspecified atom stereocenters. The number of nitrogens with two attached hydrogens (primary N) is 1. The normalized spacial score (nSPS) is 12.1. The SMILES string of the molecule is Cc1[nH]c(C(C)(C)C)cc1CN. The summed E-state index contributed by atoms with van der Waals surface area (Å²) < 4.78 is 0. The Balaban J connectivity index is 3.05. The number of hydrogen-bond donors (Lipinski definition) is 2. The summed E-state index contributed by atoms with van der Waals surface area (Å²) in [6.45, 7) is 9.27. The van der Waals surface area contributed by atoms with Crippen LogP contribution in [0.4, 0.5) is 0 Å². The monoisotopic (exact) mass is 166 g/mol. The van der Waals surface area contributed by atoms with Gasteiger partial charge in [-0.1, -0.05) is 20.8 Å². The Kier molecular flexibility index (Phi) is 2.29. The van der Waals surface area contributed by atoms with Crippen LogP contribution >= 0.6 is 0 Å². The van der Waals surface area contributed by atoms with Crippen LogP contribution in [-0.4, -0.2) is 4.98 Å². The standard InChI is InChI=1S/C10H18N2/c1-7-8(6-11)5-9(12-7)10(2,3)4/h5,12H,6,11H2,1-4H3. The lowest BCUT2D eigenvalue weighted by Crippen LogP contribution is -2.11. The largest absolute Gasteiger partial charge is 0.362 e. The molecule has 0 radical (unpaired) electrons. The van der Waals surface area contributed by atoms with E-state index >= 15 is 0 Å². The molecule has 1 aromatic heterocycles. The Bertz CT molecular complexity index is 266. The molecule has 2 heteroatoms. The Hall–Kier alpha value is -0.760. The maximum atomic E-state index is 5.59. The lowest BCUT2D eigenvalue weighted by atomic mass is 9.92. The van der Waals surface area contributed by atoms with Gasteiger partial charge in [0.05, 0.1) is 0 Å². The maximum Gasteiger partial charge on any atom is 0.0207 e. The topological polar surface area (TPSA) is 41.8 Å². The average Bonchev–Trinajstić information content (AvgIpc) is 2.29. The van der Waals surface area contributed by atoms with E-state index in [1.54, 1.807) is 0 Å². The number of aromatic nitrogens is 1. The maximum absolute atomic E-state index is 5.59. The van der Waals surface area contributed by atoms with E-state index in [1.807, 2.05) is 0 Å². The molecule has 0 amide bonds. The van der Waals surface area contributed by atoms with Crippen molar-refractivity contribution in [2.75, 3.05) is 0 Å². The highest BCUT2D eigenvalue weighted by molar-refractivity contribution is 5.28. The van der Waals surface area contributed by atoms with E-state index in [-0.39, 0.29) is 5.41 Å². The van der Waals surface area contributed by atoms with Gasteiger partial charge in [-0.3, -0.25) is 0 Å². The molecule has 0 aliphatic heterocycles. The van der Waals surface area contributed by atoms with E-state index in [0.29, 0.717) is 6.54 Å². The van der Waals surface area contributed by atoms with Crippen molar-refractivity contribution in [1.29, 1.82) is 0 Å².